The third kappa shape index (κ3) is 2.88. The van der Waals surface area contributed by atoms with E-state index in [9.17, 15) is 0 Å². The second-order valence-electron chi connectivity index (χ2n) is 4.31. The number of hydrogen-bond donors (Lipinski definition) is 1. The van der Waals surface area contributed by atoms with Crippen LogP contribution >= 0.6 is 11.8 Å². The molecule has 0 saturated carbocycles. The zero-order chi connectivity index (χ0) is 13.1. The second-order valence-corrected chi connectivity index (χ2v) is 5.63. The summed E-state index contributed by atoms with van der Waals surface area (Å²) in [7, 11) is 1.87. The molecule has 0 amide bonds. The van der Waals surface area contributed by atoms with Crippen LogP contribution in [0.2, 0.25) is 0 Å². The zero-order valence-electron chi connectivity index (χ0n) is 10.7. The minimum atomic E-state index is 0.517. The maximum Gasteiger partial charge on any atom is 0.162 e. The van der Waals surface area contributed by atoms with Crippen molar-refractivity contribution < 1.29 is 4.74 Å². The summed E-state index contributed by atoms with van der Waals surface area (Å²) in [4.78, 5) is 9.14. The van der Waals surface area contributed by atoms with E-state index in [1.165, 1.54) is 0 Å². The molecule has 0 radical (unpaired) electrons. The molecule has 2 heterocycles. The molecule has 1 aliphatic heterocycles. The Balaban J connectivity index is 1.92. The molecule has 2 aromatic rings. The number of aromatic nitrogens is 2. The fraction of sp³-hybridized carbons (Fsp3) is 0.286. The van der Waals surface area contributed by atoms with E-state index < -0.39 is 0 Å². The first-order valence-corrected chi connectivity index (χ1v) is 7.10. The molecular formula is C14H15N3OS. The van der Waals surface area contributed by atoms with Crippen LogP contribution in [0, 0.1) is 0 Å². The molecule has 1 N–H and O–H groups in total. The Kier molecular flexibility index (Phi) is 3.66. The lowest BCUT2D eigenvalue weighted by molar-refractivity contribution is 0.0454. The molecule has 4 nitrogen and oxygen atoms in total. The molecule has 1 aromatic heterocycles. The quantitative estimate of drug-likeness (QED) is 0.868. The molecule has 3 rings (SSSR count). The first-order valence-electron chi connectivity index (χ1n) is 6.22. The minimum absolute atomic E-state index is 0.517. The largest absolute Gasteiger partial charge is 0.379 e. The number of nitrogens with zero attached hydrogens (tertiary/aromatic N) is 2. The van der Waals surface area contributed by atoms with Crippen molar-refractivity contribution in [2.24, 2.45) is 0 Å². The van der Waals surface area contributed by atoms with Gasteiger partial charge in [0.25, 0.3) is 0 Å². The van der Waals surface area contributed by atoms with Gasteiger partial charge in [0, 0.05) is 18.7 Å². The average Bonchev–Trinajstić information content (AvgIpc) is 2.43. The summed E-state index contributed by atoms with van der Waals surface area (Å²) in [6, 6.07) is 12.0. The summed E-state index contributed by atoms with van der Waals surface area (Å²) in [6.07, 6.45) is 0. The van der Waals surface area contributed by atoms with Crippen molar-refractivity contribution >= 4 is 17.6 Å². The van der Waals surface area contributed by atoms with Gasteiger partial charge in [-0.05, 0) is 0 Å². The summed E-state index contributed by atoms with van der Waals surface area (Å²) in [5.74, 6) is 1.60. The molecule has 98 valence electrons. The molecule has 0 unspecified atom stereocenters. The highest BCUT2D eigenvalue weighted by molar-refractivity contribution is 8.00. The van der Waals surface area contributed by atoms with Gasteiger partial charge in [0.05, 0.1) is 18.5 Å². The molecule has 0 atom stereocenters. The Morgan fingerprint density at radius 3 is 2.63 bits per heavy atom. The molecule has 5 heteroatoms. The molecule has 1 fully saturated rings. The maximum atomic E-state index is 5.20. The number of nitrogens with one attached hydrogen (secondary N) is 1. The van der Waals surface area contributed by atoms with Gasteiger partial charge in [-0.2, -0.15) is 0 Å². The Morgan fingerprint density at radius 2 is 2.00 bits per heavy atom. The fourth-order valence-corrected chi connectivity index (χ4v) is 2.77. The number of ether oxygens (including phenoxy) is 1. The van der Waals surface area contributed by atoms with Gasteiger partial charge >= 0.3 is 0 Å². The highest BCUT2D eigenvalue weighted by Gasteiger charge is 2.21. The molecule has 0 aliphatic carbocycles. The summed E-state index contributed by atoms with van der Waals surface area (Å²) < 4.78 is 5.20. The SMILES string of the molecule is CNc1cc(SC2COC2)nc(-c2ccccc2)n1. The van der Waals surface area contributed by atoms with Gasteiger partial charge in [-0.1, -0.05) is 42.1 Å². The Hall–Kier alpha value is -1.59. The Labute approximate surface area is 116 Å². The van der Waals surface area contributed by atoms with Gasteiger partial charge in [-0.3, -0.25) is 0 Å². The van der Waals surface area contributed by atoms with Gasteiger partial charge in [0.15, 0.2) is 5.82 Å². The van der Waals surface area contributed by atoms with Crippen LogP contribution in [0.4, 0.5) is 5.82 Å². The predicted molar refractivity (Wildman–Crippen MR) is 77.5 cm³/mol. The zero-order valence-corrected chi connectivity index (χ0v) is 11.5. The third-order valence-electron chi connectivity index (χ3n) is 2.89. The highest BCUT2D eigenvalue weighted by Crippen LogP contribution is 2.29. The van der Waals surface area contributed by atoms with Crippen LogP contribution in [0.1, 0.15) is 0 Å². The monoisotopic (exact) mass is 273 g/mol. The van der Waals surface area contributed by atoms with Gasteiger partial charge < -0.3 is 10.1 Å². The van der Waals surface area contributed by atoms with Crippen molar-refractivity contribution in [3.63, 3.8) is 0 Å². The normalized spacial score (nSPS) is 15.0. The van der Waals surface area contributed by atoms with Crippen molar-refractivity contribution in [2.75, 3.05) is 25.6 Å². The van der Waals surface area contributed by atoms with Crippen LogP contribution in [0.25, 0.3) is 11.4 Å². The highest BCUT2D eigenvalue weighted by atomic mass is 32.2. The molecular weight excluding hydrogens is 258 g/mol. The lowest BCUT2D eigenvalue weighted by Crippen LogP contribution is -2.30. The van der Waals surface area contributed by atoms with Crippen LogP contribution in [-0.4, -0.2) is 35.5 Å². The first kappa shape index (κ1) is 12.4. The summed E-state index contributed by atoms with van der Waals surface area (Å²) >= 11 is 1.75. The number of thioether (sulfide) groups is 1. The standard InChI is InChI=1S/C14H15N3OS/c1-15-12-7-13(19-11-8-18-9-11)17-14(16-12)10-5-3-2-4-6-10/h2-7,11H,8-9H2,1H3,(H,15,16,17). The molecule has 0 bridgehead atoms. The third-order valence-corrected chi connectivity index (χ3v) is 3.94. The Bertz CT molecular complexity index is 558. The number of rotatable bonds is 4. The molecule has 1 aromatic carbocycles. The van der Waals surface area contributed by atoms with E-state index in [-0.39, 0.29) is 0 Å². The molecule has 1 aliphatic rings. The van der Waals surface area contributed by atoms with Crippen LogP contribution in [0.15, 0.2) is 41.4 Å². The van der Waals surface area contributed by atoms with E-state index in [4.69, 9.17) is 4.74 Å². The molecule has 19 heavy (non-hydrogen) atoms. The summed E-state index contributed by atoms with van der Waals surface area (Å²) in [5.41, 5.74) is 1.03. The lowest BCUT2D eigenvalue weighted by Gasteiger charge is -2.24. The van der Waals surface area contributed by atoms with Gasteiger partial charge in [-0.15, -0.1) is 0 Å². The molecule has 1 saturated heterocycles. The van der Waals surface area contributed by atoms with Gasteiger partial charge in [0.1, 0.15) is 10.8 Å². The number of benzene rings is 1. The van der Waals surface area contributed by atoms with Crippen LogP contribution in [0.5, 0.6) is 0 Å². The summed E-state index contributed by atoms with van der Waals surface area (Å²) in [6.45, 7) is 1.62. The van der Waals surface area contributed by atoms with Crippen LogP contribution < -0.4 is 5.32 Å². The predicted octanol–water partition coefficient (Wildman–Crippen LogP) is 2.68. The first-order chi connectivity index (χ1) is 9.35. The summed E-state index contributed by atoms with van der Waals surface area (Å²) in [5, 5.41) is 4.60. The van der Waals surface area contributed by atoms with Crippen LogP contribution in [0.3, 0.4) is 0 Å². The second kappa shape index (κ2) is 5.59. The van der Waals surface area contributed by atoms with Gasteiger partial charge in [-0.25, -0.2) is 9.97 Å². The molecule has 0 spiro atoms. The van der Waals surface area contributed by atoms with E-state index >= 15 is 0 Å². The van der Waals surface area contributed by atoms with Gasteiger partial charge in [0.2, 0.25) is 0 Å². The van der Waals surface area contributed by atoms with Crippen molar-refractivity contribution in [3.05, 3.63) is 36.4 Å². The van der Waals surface area contributed by atoms with E-state index in [1.54, 1.807) is 11.8 Å². The number of hydrogen-bond acceptors (Lipinski definition) is 5. The van der Waals surface area contributed by atoms with Crippen molar-refractivity contribution in [2.45, 2.75) is 10.3 Å². The van der Waals surface area contributed by atoms with E-state index in [1.807, 2.05) is 43.4 Å². The average molecular weight is 273 g/mol. The topological polar surface area (TPSA) is 47.0 Å². The lowest BCUT2D eigenvalue weighted by atomic mass is 10.2. The van der Waals surface area contributed by atoms with Crippen LogP contribution in [-0.2, 0) is 4.74 Å². The van der Waals surface area contributed by atoms with Crippen molar-refractivity contribution in [1.82, 2.24) is 9.97 Å². The smallest absolute Gasteiger partial charge is 0.162 e. The van der Waals surface area contributed by atoms with E-state index in [0.29, 0.717) is 5.25 Å². The van der Waals surface area contributed by atoms with E-state index in [0.717, 1.165) is 35.4 Å². The Morgan fingerprint density at radius 1 is 1.21 bits per heavy atom. The maximum absolute atomic E-state index is 5.20. The van der Waals surface area contributed by atoms with Crippen molar-refractivity contribution in [1.29, 1.82) is 0 Å². The fourth-order valence-electron chi connectivity index (χ4n) is 1.78. The number of anilines is 1. The minimum Gasteiger partial charge on any atom is -0.379 e. The van der Waals surface area contributed by atoms with E-state index in [2.05, 4.69) is 15.3 Å². The van der Waals surface area contributed by atoms with Crippen molar-refractivity contribution in [3.8, 4) is 11.4 Å².